The van der Waals surface area contributed by atoms with E-state index in [9.17, 15) is 0 Å². The number of rotatable bonds is 1. The first-order valence-electron chi connectivity index (χ1n) is 4.30. The molecule has 1 heterocycles. The van der Waals surface area contributed by atoms with Crippen LogP contribution < -0.4 is 10.3 Å². The van der Waals surface area contributed by atoms with Crippen molar-refractivity contribution in [2.45, 2.75) is 0 Å². The molecule has 0 saturated carbocycles. The number of halogens is 1. The Bertz CT molecular complexity index is 440. The van der Waals surface area contributed by atoms with E-state index in [-0.39, 0.29) is 0 Å². The minimum Gasteiger partial charge on any atom is -0.286 e. The van der Waals surface area contributed by atoms with Gasteiger partial charge in [0.15, 0.2) is 0 Å². The van der Waals surface area contributed by atoms with Gasteiger partial charge in [-0.05, 0) is 40.2 Å². The van der Waals surface area contributed by atoms with E-state index in [1.165, 1.54) is 0 Å². The van der Waals surface area contributed by atoms with E-state index in [0.29, 0.717) is 5.82 Å². The zero-order chi connectivity index (χ0) is 9.97. The lowest BCUT2D eigenvalue weighted by atomic mass is 10.3. The van der Waals surface area contributed by atoms with E-state index < -0.39 is 0 Å². The molecule has 0 aliphatic rings. The van der Waals surface area contributed by atoms with Crippen molar-refractivity contribution in [1.29, 1.82) is 0 Å². The molecular weight excluding hydrogens is 240 g/mol. The molecule has 0 atom stereocenters. The van der Waals surface area contributed by atoms with Crippen LogP contribution in [0, 0.1) is 0 Å². The van der Waals surface area contributed by atoms with Gasteiger partial charge in [-0.2, -0.15) is 4.57 Å². The molecule has 0 spiro atoms. The molecule has 1 aromatic carbocycles. The SMILES string of the molecule is Nc1c(Br)ccc[n+]1-c1ccccc1. The number of hydrogen-bond donors (Lipinski definition) is 1. The molecule has 2 nitrogen and oxygen atoms in total. The van der Waals surface area contributed by atoms with Crippen LogP contribution in [-0.4, -0.2) is 0 Å². The lowest BCUT2D eigenvalue weighted by molar-refractivity contribution is -0.580. The van der Waals surface area contributed by atoms with E-state index in [0.717, 1.165) is 10.2 Å². The van der Waals surface area contributed by atoms with Crippen LogP contribution in [0.25, 0.3) is 5.69 Å². The van der Waals surface area contributed by atoms with Gasteiger partial charge in [-0.15, -0.1) is 0 Å². The highest BCUT2D eigenvalue weighted by Gasteiger charge is 2.09. The summed E-state index contributed by atoms with van der Waals surface area (Å²) in [6.07, 6.45) is 1.94. The predicted molar refractivity (Wildman–Crippen MR) is 60.1 cm³/mol. The predicted octanol–water partition coefficient (Wildman–Crippen LogP) is 2.31. The Kier molecular flexibility index (Phi) is 2.50. The van der Waals surface area contributed by atoms with Gasteiger partial charge in [0, 0.05) is 0 Å². The molecule has 0 aliphatic carbocycles. The van der Waals surface area contributed by atoms with Crippen LogP contribution in [0.2, 0.25) is 0 Å². The Hall–Kier alpha value is -1.35. The Labute approximate surface area is 91.1 Å². The van der Waals surface area contributed by atoms with E-state index in [2.05, 4.69) is 15.9 Å². The molecule has 14 heavy (non-hydrogen) atoms. The monoisotopic (exact) mass is 249 g/mol. The maximum Gasteiger partial charge on any atom is 0.291 e. The number of anilines is 1. The van der Waals surface area contributed by atoms with E-state index >= 15 is 0 Å². The fourth-order valence-electron chi connectivity index (χ4n) is 1.31. The van der Waals surface area contributed by atoms with Crippen molar-refractivity contribution in [3.8, 4) is 5.69 Å². The fourth-order valence-corrected chi connectivity index (χ4v) is 1.65. The standard InChI is InChI=1S/C11H9BrN2/c12-10-7-4-8-14(11(10)13)9-5-2-1-3-6-9/h1-8,13H/p+1. The molecule has 0 saturated heterocycles. The summed E-state index contributed by atoms with van der Waals surface area (Å²) in [6.45, 7) is 0. The number of benzene rings is 1. The average molecular weight is 250 g/mol. The summed E-state index contributed by atoms with van der Waals surface area (Å²) in [5.41, 5.74) is 6.99. The third kappa shape index (κ3) is 1.63. The van der Waals surface area contributed by atoms with Gasteiger partial charge < -0.3 is 0 Å². The first-order valence-corrected chi connectivity index (χ1v) is 5.09. The topological polar surface area (TPSA) is 29.9 Å². The van der Waals surface area contributed by atoms with Crippen LogP contribution in [0.4, 0.5) is 5.82 Å². The molecule has 2 aromatic rings. The molecule has 0 unspecified atom stereocenters. The van der Waals surface area contributed by atoms with Crippen LogP contribution >= 0.6 is 15.9 Å². The zero-order valence-electron chi connectivity index (χ0n) is 7.52. The van der Waals surface area contributed by atoms with E-state index in [4.69, 9.17) is 5.73 Å². The third-order valence-electron chi connectivity index (χ3n) is 2.02. The van der Waals surface area contributed by atoms with Crippen molar-refractivity contribution in [2.24, 2.45) is 0 Å². The highest BCUT2D eigenvalue weighted by molar-refractivity contribution is 9.10. The molecule has 0 aliphatic heterocycles. The third-order valence-corrected chi connectivity index (χ3v) is 2.69. The minimum atomic E-state index is 0.707. The smallest absolute Gasteiger partial charge is 0.286 e. The summed E-state index contributed by atoms with van der Waals surface area (Å²) in [4.78, 5) is 0. The molecule has 1 aromatic heterocycles. The summed E-state index contributed by atoms with van der Waals surface area (Å²) in [5, 5.41) is 0. The number of nitrogen functional groups attached to an aromatic ring is 1. The maximum absolute atomic E-state index is 5.93. The molecule has 0 bridgehead atoms. The summed E-state index contributed by atoms with van der Waals surface area (Å²) in [6, 6.07) is 13.9. The quantitative estimate of drug-likeness (QED) is 0.773. The van der Waals surface area contributed by atoms with Crippen LogP contribution in [0.3, 0.4) is 0 Å². The average Bonchev–Trinajstić information content (AvgIpc) is 2.23. The molecule has 2 N–H and O–H groups in total. The molecule has 70 valence electrons. The molecule has 3 heteroatoms. The number of pyridine rings is 1. The second kappa shape index (κ2) is 3.80. The summed E-state index contributed by atoms with van der Waals surface area (Å²) < 4.78 is 2.84. The van der Waals surface area contributed by atoms with Crippen molar-refractivity contribution in [1.82, 2.24) is 0 Å². The maximum atomic E-state index is 5.93. The van der Waals surface area contributed by atoms with Gasteiger partial charge >= 0.3 is 0 Å². The lowest BCUT2D eigenvalue weighted by Gasteiger charge is -2.02. The number of para-hydroxylation sites is 1. The largest absolute Gasteiger partial charge is 0.291 e. The van der Waals surface area contributed by atoms with Crippen molar-refractivity contribution >= 4 is 21.7 Å². The second-order valence-electron chi connectivity index (χ2n) is 2.95. The second-order valence-corrected chi connectivity index (χ2v) is 3.80. The molecule has 0 amide bonds. The summed E-state index contributed by atoms with van der Waals surface area (Å²) >= 11 is 3.40. The number of nitrogens with zero attached hydrogens (tertiary/aromatic N) is 1. The van der Waals surface area contributed by atoms with Crippen LogP contribution in [0.5, 0.6) is 0 Å². The molecule has 2 rings (SSSR count). The molecule has 0 radical (unpaired) electrons. The Morgan fingerprint density at radius 1 is 1.00 bits per heavy atom. The summed E-state index contributed by atoms with van der Waals surface area (Å²) in [5.74, 6) is 0.707. The Morgan fingerprint density at radius 2 is 1.71 bits per heavy atom. The molecule has 0 fully saturated rings. The van der Waals surface area contributed by atoms with Crippen molar-refractivity contribution in [3.05, 3.63) is 53.1 Å². The molecular formula is C11H10BrN2+. The zero-order valence-corrected chi connectivity index (χ0v) is 9.11. The van der Waals surface area contributed by atoms with Crippen LogP contribution in [0.1, 0.15) is 0 Å². The van der Waals surface area contributed by atoms with E-state index in [1.807, 2.05) is 53.2 Å². The van der Waals surface area contributed by atoms with Gasteiger partial charge in [-0.25, -0.2) is 0 Å². The number of hydrogen-bond acceptors (Lipinski definition) is 1. The number of nitrogens with two attached hydrogens (primary N) is 1. The van der Waals surface area contributed by atoms with Crippen molar-refractivity contribution < 1.29 is 4.57 Å². The van der Waals surface area contributed by atoms with Crippen LogP contribution in [-0.2, 0) is 0 Å². The highest BCUT2D eigenvalue weighted by atomic mass is 79.9. The summed E-state index contributed by atoms with van der Waals surface area (Å²) in [7, 11) is 0. The first kappa shape index (κ1) is 9.21. The normalized spacial score (nSPS) is 10.1. The Morgan fingerprint density at radius 3 is 2.43 bits per heavy atom. The van der Waals surface area contributed by atoms with Crippen LogP contribution in [0.15, 0.2) is 53.1 Å². The van der Waals surface area contributed by atoms with E-state index in [1.54, 1.807) is 0 Å². The highest BCUT2D eigenvalue weighted by Crippen LogP contribution is 2.15. The van der Waals surface area contributed by atoms with Gasteiger partial charge in [-0.1, -0.05) is 18.2 Å². The van der Waals surface area contributed by atoms with Gasteiger partial charge in [0.05, 0.1) is 6.20 Å². The van der Waals surface area contributed by atoms with Gasteiger partial charge in [0.1, 0.15) is 10.2 Å². The fraction of sp³-hybridized carbons (Fsp3) is 0. The van der Waals surface area contributed by atoms with Crippen molar-refractivity contribution in [2.75, 3.05) is 5.73 Å². The van der Waals surface area contributed by atoms with Gasteiger partial charge in [0.2, 0.25) is 0 Å². The minimum absolute atomic E-state index is 0.707. The number of aromatic nitrogens is 1. The van der Waals surface area contributed by atoms with Gasteiger partial charge in [-0.3, -0.25) is 5.73 Å². The van der Waals surface area contributed by atoms with Crippen molar-refractivity contribution in [3.63, 3.8) is 0 Å². The lowest BCUT2D eigenvalue weighted by Crippen LogP contribution is -2.34. The first-order chi connectivity index (χ1) is 6.79. The Balaban J connectivity index is 2.58. The van der Waals surface area contributed by atoms with Gasteiger partial charge in [0.25, 0.3) is 5.82 Å².